The predicted molar refractivity (Wildman–Crippen MR) is 42.1 cm³/mol. The van der Waals surface area contributed by atoms with Crippen molar-refractivity contribution >= 4 is 0 Å². The maximum absolute atomic E-state index is 12.3. The van der Waals surface area contributed by atoms with Gasteiger partial charge in [0.1, 0.15) is 0 Å². The van der Waals surface area contributed by atoms with Gasteiger partial charge in [0, 0.05) is 6.20 Å². The Morgan fingerprint density at radius 2 is 2.15 bits per heavy atom. The maximum atomic E-state index is 12.3. The molecule has 0 saturated carbocycles. The molecule has 5 heteroatoms. The molecule has 0 aromatic carbocycles. The van der Waals surface area contributed by atoms with Gasteiger partial charge in [-0.1, -0.05) is 0 Å². The van der Waals surface area contributed by atoms with Gasteiger partial charge in [-0.25, -0.2) is 8.78 Å². The Labute approximate surface area is 74.0 Å². The minimum atomic E-state index is -2.70. The number of alkyl halides is 2. The molecule has 1 N–H and O–H groups in total. The Morgan fingerprint density at radius 3 is 2.62 bits per heavy atom. The third-order valence-corrected chi connectivity index (χ3v) is 1.66. The number of hydrogen-bond donors (Lipinski definition) is 1. The third kappa shape index (κ3) is 1.68. The van der Waals surface area contributed by atoms with Crippen LogP contribution in [0.25, 0.3) is 0 Å². The first kappa shape index (κ1) is 9.70. The van der Waals surface area contributed by atoms with Gasteiger partial charge < -0.3 is 9.84 Å². The molecule has 0 aliphatic heterocycles. The summed E-state index contributed by atoms with van der Waals surface area (Å²) in [6.07, 6.45) is -1.70. The number of methoxy groups -OCH3 is 1. The van der Waals surface area contributed by atoms with E-state index in [1.54, 1.807) is 0 Å². The minimum Gasteiger partial charge on any atom is -0.503 e. The number of aromatic hydroxyl groups is 1. The summed E-state index contributed by atoms with van der Waals surface area (Å²) in [4.78, 5) is 3.60. The Hall–Kier alpha value is -1.39. The number of rotatable bonds is 2. The van der Waals surface area contributed by atoms with E-state index < -0.39 is 12.0 Å². The van der Waals surface area contributed by atoms with Gasteiger partial charge in [-0.2, -0.15) is 0 Å². The molecule has 0 amide bonds. The second kappa shape index (κ2) is 3.55. The van der Waals surface area contributed by atoms with Crippen LogP contribution >= 0.6 is 0 Å². The Kier molecular flexibility index (Phi) is 2.65. The topological polar surface area (TPSA) is 42.4 Å². The van der Waals surface area contributed by atoms with Crippen LogP contribution < -0.4 is 4.74 Å². The number of hydrogen-bond acceptors (Lipinski definition) is 3. The van der Waals surface area contributed by atoms with Crippen molar-refractivity contribution in [2.75, 3.05) is 7.11 Å². The Balaban J connectivity index is 3.30. The van der Waals surface area contributed by atoms with Gasteiger partial charge in [0.2, 0.25) is 0 Å². The van der Waals surface area contributed by atoms with Crippen LogP contribution in [-0.2, 0) is 0 Å². The fraction of sp³-hybridized carbons (Fsp3) is 0.375. The fourth-order valence-corrected chi connectivity index (χ4v) is 0.957. The van der Waals surface area contributed by atoms with E-state index in [0.717, 1.165) is 6.20 Å². The molecule has 0 unspecified atom stereocenters. The van der Waals surface area contributed by atoms with Crippen molar-refractivity contribution in [3.05, 3.63) is 17.5 Å². The zero-order chi connectivity index (χ0) is 10.0. The van der Waals surface area contributed by atoms with Gasteiger partial charge in [0.05, 0.1) is 18.4 Å². The smallest absolute Gasteiger partial charge is 0.269 e. The molecule has 0 bridgehead atoms. The second-order valence-electron chi connectivity index (χ2n) is 2.48. The molecule has 0 atom stereocenters. The normalized spacial score (nSPS) is 10.5. The molecule has 1 aromatic rings. The van der Waals surface area contributed by atoms with E-state index in [1.165, 1.54) is 14.0 Å². The molecule has 0 fully saturated rings. The number of ether oxygens (including phenoxy) is 1. The van der Waals surface area contributed by atoms with Gasteiger partial charge >= 0.3 is 0 Å². The Bertz CT molecular complexity index is 315. The van der Waals surface area contributed by atoms with Crippen molar-refractivity contribution in [3.8, 4) is 11.5 Å². The van der Waals surface area contributed by atoms with Crippen molar-refractivity contribution in [1.29, 1.82) is 0 Å². The monoisotopic (exact) mass is 189 g/mol. The number of aryl methyl sites for hydroxylation is 1. The third-order valence-electron chi connectivity index (χ3n) is 1.66. The lowest BCUT2D eigenvalue weighted by Gasteiger charge is -2.09. The Morgan fingerprint density at radius 1 is 1.54 bits per heavy atom. The quantitative estimate of drug-likeness (QED) is 0.774. The first-order valence-electron chi connectivity index (χ1n) is 3.58. The first-order valence-corrected chi connectivity index (χ1v) is 3.58. The van der Waals surface area contributed by atoms with Crippen molar-refractivity contribution in [3.63, 3.8) is 0 Å². The highest BCUT2D eigenvalue weighted by Gasteiger charge is 2.19. The summed E-state index contributed by atoms with van der Waals surface area (Å²) in [5.74, 6) is -0.539. The molecule has 1 rings (SSSR count). The highest BCUT2D eigenvalue weighted by atomic mass is 19.3. The van der Waals surface area contributed by atoms with Crippen LogP contribution in [0.15, 0.2) is 6.20 Å². The molecule has 0 saturated heterocycles. The summed E-state index contributed by atoms with van der Waals surface area (Å²) in [6.45, 7) is 1.51. The van der Waals surface area contributed by atoms with E-state index in [4.69, 9.17) is 0 Å². The second-order valence-corrected chi connectivity index (χ2v) is 2.48. The van der Waals surface area contributed by atoms with E-state index >= 15 is 0 Å². The van der Waals surface area contributed by atoms with E-state index in [2.05, 4.69) is 9.72 Å². The molecular weight excluding hydrogens is 180 g/mol. The van der Waals surface area contributed by atoms with Gasteiger partial charge in [-0.05, 0) is 6.92 Å². The zero-order valence-electron chi connectivity index (χ0n) is 7.21. The van der Waals surface area contributed by atoms with Crippen LogP contribution in [0.5, 0.6) is 11.5 Å². The summed E-state index contributed by atoms with van der Waals surface area (Å²) < 4.78 is 29.2. The average Bonchev–Trinajstić information content (AvgIpc) is 2.09. The van der Waals surface area contributed by atoms with Crippen LogP contribution in [0.2, 0.25) is 0 Å². The number of aromatic nitrogens is 1. The number of halogens is 2. The molecular formula is C8H9F2NO2. The lowest BCUT2D eigenvalue weighted by atomic mass is 10.2. The highest BCUT2D eigenvalue weighted by Crippen LogP contribution is 2.36. The van der Waals surface area contributed by atoms with E-state index in [0.29, 0.717) is 0 Å². The van der Waals surface area contributed by atoms with E-state index in [1.807, 2.05) is 0 Å². The van der Waals surface area contributed by atoms with Crippen molar-refractivity contribution in [2.24, 2.45) is 0 Å². The molecule has 0 aliphatic carbocycles. The summed E-state index contributed by atoms with van der Waals surface area (Å²) in [5, 5.41) is 9.31. The van der Waals surface area contributed by atoms with Crippen LogP contribution in [0.3, 0.4) is 0 Å². The molecule has 1 aromatic heterocycles. The number of pyridine rings is 1. The molecule has 1 heterocycles. The van der Waals surface area contributed by atoms with Gasteiger partial charge in [0.25, 0.3) is 6.43 Å². The number of nitrogens with zero attached hydrogens (tertiary/aromatic N) is 1. The summed E-state index contributed by atoms with van der Waals surface area (Å²) >= 11 is 0. The van der Waals surface area contributed by atoms with Crippen molar-refractivity contribution < 1.29 is 18.6 Å². The lowest BCUT2D eigenvalue weighted by Crippen LogP contribution is -1.96. The van der Waals surface area contributed by atoms with Crippen LogP contribution in [0.4, 0.5) is 8.78 Å². The van der Waals surface area contributed by atoms with Crippen molar-refractivity contribution in [2.45, 2.75) is 13.3 Å². The van der Waals surface area contributed by atoms with Crippen LogP contribution in [-0.4, -0.2) is 17.2 Å². The molecule has 3 nitrogen and oxygen atoms in total. The predicted octanol–water partition coefficient (Wildman–Crippen LogP) is 2.04. The maximum Gasteiger partial charge on any atom is 0.269 e. The SMILES string of the molecule is COc1c(C(F)F)cnc(C)c1O. The summed E-state index contributed by atoms with van der Waals surface area (Å²) in [6, 6.07) is 0. The highest BCUT2D eigenvalue weighted by molar-refractivity contribution is 5.47. The molecule has 72 valence electrons. The van der Waals surface area contributed by atoms with Gasteiger partial charge in [0.15, 0.2) is 11.5 Å². The first-order chi connectivity index (χ1) is 6.07. The van der Waals surface area contributed by atoms with Gasteiger partial charge in [-0.3, -0.25) is 4.98 Å². The molecule has 13 heavy (non-hydrogen) atoms. The van der Waals surface area contributed by atoms with Crippen LogP contribution in [0.1, 0.15) is 17.7 Å². The van der Waals surface area contributed by atoms with Crippen molar-refractivity contribution in [1.82, 2.24) is 4.98 Å². The van der Waals surface area contributed by atoms with E-state index in [-0.39, 0.29) is 17.2 Å². The lowest BCUT2D eigenvalue weighted by molar-refractivity contribution is 0.145. The zero-order valence-corrected chi connectivity index (χ0v) is 7.21. The molecule has 0 radical (unpaired) electrons. The van der Waals surface area contributed by atoms with E-state index in [9.17, 15) is 13.9 Å². The molecule has 0 spiro atoms. The van der Waals surface area contributed by atoms with Gasteiger partial charge in [-0.15, -0.1) is 0 Å². The minimum absolute atomic E-state index is 0.206. The summed E-state index contributed by atoms with van der Waals surface area (Å²) in [5.41, 5.74) is -0.133. The summed E-state index contributed by atoms with van der Waals surface area (Å²) in [7, 11) is 1.22. The standard InChI is InChI=1S/C8H9F2NO2/c1-4-6(12)7(13-2)5(3-11-4)8(9)10/h3,8,12H,1-2H3. The molecule has 0 aliphatic rings. The van der Waals surface area contributed by atoms with Crippen LogP contribution in [0, 0.1) is 6.92 Å². The largest absolute Gasteiger partial charge is 0.503 e. The fourth-order valence-electron chi connectivity index (χ4n) is 0.957. The average molecular weight is 189 g/mol.